The van der Waals surface area contributed by atoms with Crippen molar-refractivity contribution in [3.63, 3.8) is 0 Å². The first-order valence-electron chi connectivity index (χ1n) is 4.90. The highest BCUT2D eigenvalue weighted by Gasteiger charge is 1.92. The van der Waals surface area contributed by atoms with Crippen LogP contribution >= 0.6 is 0 Å². The summed E-state index contributed by atoms with van der Waals surface area (Å²) in [5, 5.41) is 3.31. The molecule has 2 aromatic rings. The molecule has 3 N–H and O–H groups in total. The smallest absolute Gasteiger partial charge is 0.0946 e. The predicted octanol–water partition coefficient (Wildman–Crippen LogP) is 1.58. The number of nitrogens with two attached hydrogens (primary N) is 1. The molecule has 15 heavy (non-hydrogen) atoms. The topological polar surface area (TPSA) is 55.9 Å². The number of nitrogens with one attached hydrogen (secondary N) is 1. The lowest BCUT2D eigenvalue weighted by Gasteiger charge is -2.06. The Morgan fingerprint density at radius 2 is 2.07 bits per heavy atom. The van der Waals surface area contributed by atoms with Gasteiger partial charge in [0, 0.05) is 36.9 Å². The minimum absolute atomic E-state index is 0.787. The Kier molecular flexibility index (Phi) is 2.88. The summed E-state index contributed by atoms with van der Waals surface area (Å²) in [5.74, 6) is 0. The average molecular weight is 202 g/mol. The van der Waals surface area contributed by atoms with E-state index in [9.17, 15) is 0 Å². The van der Waals surface area contributed by atoms with Gasteiger partial charge in [-0.2, -0.15) is 0 Å². The third-order valence-corrected chi connectivity index (χ3v) is 2.17. The van der Waals surface area contributed by atoms with Gasteiger partial charge in [0.1, 0.15) is 0 Å². The van der Waals surface area contributed by atoms with E-state index >= 15 is 0 Å². The molecule has 0 aliphatic heterocycles. The molecule has 1 aromatic heterocycles. The van der Waals surface area contributed by atoms with Crippen molar-refractivity contribution in [2.24, 2.45) is 0 Å². The number of nitrogen functional groups attached to an aromatic ring is 1. The molecule has 0 radical (unpaired) electrons. The molecule has 0 aliphatic rings. The van der Waals surface area contributed by atoms with E-state index in [1.807, 2.05) is 41.4 Å². The summed E-state index contributed by atoms with van der Waals surface area (Å²) < 4.78 is 2.03. The monoisotopic (exact) mass is 202 g/mol. The maximum atomic E-state index is 5.59. The number of anilines is 2. The summed E-state index contributed by atoms with van der Waals surface area (Å²) in [4.78, 5) is 3.98. The third-order valence-electron chi connectivity index (χ3n) is 2.17. The normalized spacial score (nSPS) is 10.1. The lowest BCUT2D eigenvalue weighted by molar-refractivity contribution is 0.727. The number of hydrogen-bond acceptors (Lipinski definition) is 3. The third kappa shape index (κ3) is 2.74. The largest absolute Gasteiger partial charge is 0.399 e. The maximum absolute atomic E-state index is 5.59. The van der Waals surface area contributed by atoms with E-state index in [4.69, 9.17) is 5.73 Å². The number of nitrogens with zero attached hydrogens (tertiary/aromatic N) is 2. The quantitative estimate of drug-likeness (QED) is 0.740. The van der Waals surface area contributed by atoms with Crippen molar-refractivity contribution in [2.75, 3.05) is 17.6 Å². The van der Waals surface area contributed by atoms with Crippen LogP contribution in [0.3, 0.4) is 0 Å². The zero-order chi connectivity index (χ0) is 10.5. The van der Waals surface area contributed by atoms with Crippen LogP contribution in [0.15, 0.2) is 43.0 Å². The zero-order valence-electron chi connectivity index (χ0n) is 8.43. The van der Waals surface area contributed by atoms with Crippen molar-refractivity contribution >= 4 is 11.4 Å². The van der Waals surface area contributed by atoms with E-state index in [-0.39, 0.29) is 0 Å². The minimum Gasteiger partial charge on any atom is -0.399 e. The highest BCUT2D eigenvalue weighted by molar-refractivity contribution is 5.51. The van der Waals surface area contributed by atoms with Gasteiger partial charge >= 0.3 is 0 Å². The average Bonchev–Trinajstić information content (AvgIpc) is 2.74. The number of imidazole rings is 1. The first kappa shape index (κ1) is 9.58. The Morgan fingerprint density at radius 3 is 2.73 bits per heavy atom. The Labute approximate surface area is 88.7 Å². The van der Waals surface area contributed by atoms with Crippen LogP contribution in [-0.2, 0) is 6.54 Å². The molecule has 0 spiro atoms. The number of rotatable bonds is 4. The molecule has 4 heteroatoms. The standard InChI is InChI=1S/C11H14N4/c12-10-1-3-11(4-2-10)14-6-8-15-7-5-13-9-15/h1-5,7,9,14H,6,8,12H2. The molecule has 4 nitrogen and oxygen atoms in total. The van der Waals surface area contributed by atoms with Crippen LogP contribution < -0.4 is 11.1 Å². The van der Waals surface area contributed by atoms with Gasteiger partial charge < -0.3 is 15.6 Å². The van der Waals surface area contributed by atoms with Gasteiger partial charge in [-0.25, -0.2) is 4.98 Å². The molecule has 1 heterocycles. The van der Waals surface area contributed by atoms with Crippen molar-refractivity contribution in [3.8, 4) is 0 Å². The van der Waals surface area contributed by atoms with Crippen molar-refractivity contribution in [1.82, 2.24) is 9.55 Å². The number of benzene rings is 1. The van der Waals surface area contributed by atoms with Crippen molar-refractivity contribution in [2.45, 2.75) is 6.54 Å². The van der Waals surface area contributed by atoms with Crippen molar-refractivity contribution < 1.29 is 0 Å². The van der Waals surface area contributed by atoms with Crippen LogP contribution in [-0.4, -0.2) is 16.1 Å². The van der Waals surface area contributed by atoms with Crippen LogP contribution in [0.1, 0.15) is 0 Å². The van der Waals surface area contributed by atoms with Crippen molar-refractivity contribution in [3.05, 3.63) is 43.0 Å². The molecular weight excluding hydrogens is 188 g/mol. The van der Waals surface area contributed by atoms with Crippen LogP contribution in [0.25, 0.3) is 0 Å². The van der Waals surface area contributed by atoms with E-state index in [0.29, 0.717) is 0 Å². The first-order valence-corrected chi connectivity index (χ1v) is 4.90. The summed E-state index contributed by atoms with van der Waals surface area (Å²) in [7, 11) is 0. The highest BCUT2D eigenvalue weighted by Crippen LogP contribution is 2.09. The van der Waals surface area contributed by atoms with Gasteiger partial charge in [-0.1, -0.05) is 0 Å². The van der Waals surface area contributed by atoms with Crippen LogP contribution in [0.4, 0.5) is 11.4 Å². The van der Waals surface area contributed by atoms with Gasteiger partial charge in [-0.3, -0.25) is 0 Å². The number of aromatic nitrogens is 2. The van der Waals surface area contributed by atoms with Crippen molar-refractivity contribution in [1.29, 1.82) is 0 Å². The van der Waals surface area contributed by atoms with Gasteiger partial charge in [-0.05, 0) is 24.3 Å². The molecule has 78 valence electrons. The Hall–Kier alpha value is -1.97. The Morgan fingerprint density at radius 1 is 1.27 bits per heavy atom. The fourth-order valence-electron chi connectivity index (χ4n) is 1.35. The van der Waals surface area contributed by atoms with Crippen LogP contribution in [0, 0.1) is 0 Å². The summed E-state index contributed by atoms with van der Waals surface area (Å²) in [6.45, 7) is 1.78. The molecule has 0 unspecified atom stereocenters. The maximum Gasteiger partial charge on any atom is 0.0946 e. The SMILES string of the molecule is Nc1ccc(NCCn2ccnc2)cc1. The molecule has 0 aliphatic carbocycles. The van der Waals surface area contributed by atoms with Crippen LogP contribution in [0.5, 0.6) is 0 Å². The van der Waals surface area contributed by atoms with E-state index < -0.39 is 0 Å². The number of hydrogen-bond donors (Lipinski definition) is 2. The molecule has 0 saturated heterocycles. The summed E-state index contributed by atoms with van der Waals surface area (Å²) >= 11 is 0. The molecule has 0 saturated carbocycles. The summed E-state index contributed by atoms with van der Waals surface area (Å²) in [6, 6.07) is 7.73. The Bertz CT molecular complexity index is 391. The summed E-state index contributed by atoms with van der Waals surface area (Å²) in [5.41, 5.74) is 7.47. The van der Waals surface area contributed by atoms with Gasteiger partial charge in [0.2, 0.25) is 0 Å². The predicted molar refractivity (Wildman–Crippen MR) is 61.6 cm³/mol. The van der Waals surface area contributed by atoms with E-state index in [0.717, 1.165) is 24.5 Å². The molecular formula is C11H14N4. The Balaban J connectivity index is 1.81. The van der Waals surface area contributed by atoms with E-state index in [1.165, 1.54) is 0 Å². The lowest BCUT2D eigenvalue weighted by Crippen LogP contribution is -2.08. The van der Waals surface area contributed by atoms with Gasteiger partial charge in [0.15, 0.2) is 0 Å². The molecule has 0 bridgehead atoms. The van der Waals surface area contributed by atoms with E-state index in [2.05, 4.69) is 10.3 Å². The van der Waals surface area contributed by atoms with Crippen LogP contribution in [0.2, 0.25) is 0 Å². The fraction of sp³-hybridized carbons (Fsp3) is 0.182. The molecule has 0 amide bonds. The lowest BCUT2D eigenvalue weighted by atomic mass is 10.3. The van der Waals surface area contributed by atoms with Gasteiger partial charge in [0.05, 0.1) is 6.33 Å². The van der Waals surface area contributed by atoms with Gasteiger partial charge in [-0.15, -0.1) is 0 Å². The highest BCUT2D eigenvalue weighted by atomic mass is 15.0. The summed E-state index contributed by atoms with van der Waals surface area (Å²) in [6.07, 6.45) is 5.54. The molecule has 2 rings (SSSR count). The van der Waals surface area contributed by atoms with Gasteiger partial charge in [0.25, 0.3) is 0 Å². The second-order valence-corrected chi connectivity index (χ2v) is 3.35. The zero-order valence-corrected chi connectivity index (χ0v) is 8.43. The molecule has 0 fully saturated rings. The first-order chi connectivity index (χ1) is 7.34. The minimum atomic E-state index is 0.787. The molecule has 0 atom stereocenters. The van der Waals surface area contributed by atoms with E-state index in [1.54, 1.807) is 6.20 Å². The second kappa shape index (κ2) is 4.50. The molecule has 1 aromatic carbocycles. The fourth-order valence-corrected chi connectivity index (χ4v) is 1.35. The second-order valence-electron chi connectivity index (χ2n) is 3.35.